The molecule has 0 aromatic rings. The van der Waals surface area contributed by atoms with Gasteiger partial charge in [0.05, 0.1) is 14.2 Å². The minimum Gasteiger partial charge on any atom is -0.468 e. The van der Waals surface area contributed by atoms with Crippen molar-refractivity contribution in [2.75, 3.05) is 14.2 Å². The van der Waals surface area contributed by atoms with E-state index in [2.05, 4.69) is 10.1 Å². The van der Waals surface area contributed by atoms with Gasteiger partial charge in [0.2, 0.25) is 0 Å². The summed E-state index contributed by atoms with van der Waals surface area (Å²) in [6, 6.07) is 0.0739. The molecule has 0 spiro atoms. The largest absolute Gasteiger partial charge is 0.468 e. The Morgan fingerprint density at radius 3 is 1.72 bits per heavy atom. The average Bonchev–Trinajstić information content (AvgIpc) is 3.50. The second kappa shape index (κ2) is 13.2. The van der Waals surface area contributed by atoms with Gasteiger partial charge in [-0.15, -0.1) is 0 Å². The highest BCUT2D eigenvalue weighted by atomic mass is 16.5. The molecule has 6 heteroatoms. The topological polar surface area (TPSA) is 90.6 Å². The van der Waals surface area contributed by atoms with E-state index in [1.54, 1.807) is 0 Å². The summed E-state index contributed by atoms with van der Waals surface area (Å²) in [4.78, 5) is 22.8. The third kappa shape index (κ3) is 8.63. The summed E-state index contributed by atoms with van der Waals surface area (Å²) in [5, 5.41) is 3.52. The van der Waals surface area contributed by atoms with Crippen molar-refractivity contribution in [3.05, 3.63) is 0 Å². The fourth-order valence-electron chi connectivity index (χ4n) is 5.18. The lowest BCUT2D eigenvalue weighted by atomic mass is 9.97. The fourth-order valence-corrected chi connectivity index (χ4v) is 5.18. The van der Waals surface area contributed by atoms with Crippen molar-refractivity contribution in [3.8, 4) is 0 Å². The van der Waals surface area contributed by atoms with Crippen LogP contribution in [-0.4, -0.2) is 44.3 Å². The van der Waals surface area contributed by atoms with Gasteiger partial charge in [-0.2, -0.15) is 0 Å². The van der Waals surface area contributed by atoms with E-state index in [0.29, 0.717) is 12.0 Å². The van der Waals surface area contributed by atoms with E-state index < -0.39 is 6.04 Å². The zero-order chi connectivity index (χ0) is 21.1. The molecule has 3 saturated carbocycles. The van der Waals surface area contributed by atoms with Crippen LogP contribution < -0.4 is 11.1 Å². The Morgan fingerprint density at radius 2 is 1.24 bits per heavy atom. The highest BCUT2D eigenvalue weighted by molar-refractivity contribution is 5.75. The molecule has 3 aliphatic rings. The molecular weight excluding hydrogens is 368 g/mol. The van der Waals surface area contributed by atoms with Crippen LogP contribution in [-0.2, 0) is 19.1 Å². The Bertz CT molecular complexity index is 463. The average molecular weight is 411 g/mol. The Morgan fingerprint density at radius 1 is 0.793 bits per heavy atom. The van der Waals surface area contributed by atoms with Crippen molar-refractivity contribution in [2.45, 2.75) is 108 Å². The number of carbonyl (C=O) groups is 2. The number of rotatable bonds is 8. The molecule has 3 N–H and O–H groups in total. The van der Waals surface area contributed by atoms with E-state index in [4.69, 9.17) is 10.5 Å². The third-order valence-electron chi connectivity index (χ3n) is 6.89. The van der Waals surface area contributed by atoms with Gasteiger partial charge >= 0.3 is 11.9 Å². The summed E-state index contributed by atoms with van der Waals surface area (Å²) >= 11 is 0. The first-order valence-electron chi connectivity index (χ1n) is 11.7. The minimum absolute atomic E-state index is 0.0637. The van der Waals surface area contributed by atoms with Gasteiger partial charge in [-0.1, -0.05) is 64.2 Å². The quantitative estimate of drug-likeness (QED) is 0.593. The lowest BCUT2D eigenvalue weighted by Gasteiger charge is -2.23. The predicted molar refractivity (Wildman–Crippen MR) is 114 cm³/mol. The molecule has 0 unspecified atom stereocenters. The fraction of sp³-hybridized carbons (Fsp3) is 0.913. The van der Waals surface area contributed by atoms with E-state index >= 15 is 0 Å². The number of nitrogens with one attached hydrogen (secondary N) is 1. The van der Waals surface area contributed by atoms with Crippen LogP contribution in [0.5, 0.6) is 0 Å². The molecule has 0 heterocycles. The first-order chi connectivity index (χ1) is 14.0. The molecule has 3 fully saturated rings. The molecule has 168 valence electrons. The molecular formula is C23H42N2O4. The molecule has 3 rings (SSSR count). The van der Waals surface area contributed by atoms with Crippen LogP contribution >= 0.6 is 0 Å². The van der Waals surface area contributed by atoms with Crippen LogP contribution in [0.25, 0.3) is 0 Å². The van der Waals surface area contributed by atoms with Gasteiger partial charge in [0.25, 0.3) is 0 Å². The second-order valence-electron chi connectivity index (χ2n) is 9.13. The summed E-state index contributed by atoms with van der Waals surface area (Å²) in [7, 11) is 2.89. The number of ether oxygens (including phenoxy) is 2. The van der Waals surface area contributed by atoms with Crippen molar-refractivity contribution in [2.24, 2.45) is 17.6 Å². The summed E-state index contributed by atoms with van der Waals surface area (Å²) in [6.45, 7) is 0. The SMILES string of the molecule is COC(=O)[C@@H](CC1CCCC1)NC1CCCC1.COC(=O)[C@H](N)CC1CCCC1. The lowest BCUT2D eigenvalue weighted by molar-refractivity contribution is -0.144. The first-order valence-corrected chi connectivity index (χ1v) is 11.7. The van der Waals surface area contributed by atoms with Crippen molar-refractivity contribution >= 4 is 11.9 Å². The molecule has 3 aliphatic carbocycles. The standard InChI is InChI=1S/C14H25NO2.C9H17NO2/c1-17-14(16)13(10-11-6-2-3-7-11)15-12-8-4-5-9-12;1-12-9(11)8(10)6-7-4-2-3-5-7/h11-13,15H,2-10H2,1H3;7-8H,2-6,10H2,1H3/t13-;8-/m11/s1. The van der Waals surface area contributed by atoms with Gasteiger partial charge in [-0.3, -0.25) is 9.59 Å². The normalized spacial score (nSPS) is 22.7. The van der Waals surface area contributed by atoms with Gasteiger partial charge in [0.15, 0.2) is 0 Å². The molecule has 0 aromatic heterocycles. The Labute approximate surface area is 176 Å². The minimum atomic E-state index is -0.405. The smallest absolute Gasteiger partial charge is 0.322 e. The summed E-state index contributed by atoms with van der Waals surface area (Å²) < 4.78 is 9.49. The van der Waals surface area contributed by atoms with Crippen LogP contribution in [0.2, 0.25) is 0 Å². The van der Waals surface area contributed by atoms with Gasteiger partial charge in [0.1, 0.15) is 12.1 Å². The Kier molecular flexibility index (Phi) is 11.0. The third-order valence-corrected chi connectivity index (χ3v) is 6.89. The monoisotopic (exact) mass is 410 g/mol. The van der Waals surface area contributed by atoms with E-state index in [0.717, 1.165) is 18.8 Å². The maximum Gasteiger partial charge on any atom is 0.322 e. The van der Waals surface area contributed by atoms with Crippen LogP contribution in [0.15, 0.2) is 0 Å². The number of hydrogen-bond acceptors (Lipinski definition) is 6. The number of methoxy groups -OCH3 is 2. The van der Waals surface area contributed by atoms with E-state index in [1.165, 1.54) is 91.3 Å². The molecule has 0 amide bonds. The zero-order valence-electron chi connectivity index (χ0n) is 18.5. The summed E-state index contributed by atoms with van der Waals surface area (Å²) in [5.74, 6) is 1.04. The Hall–Kier alpha value is -1.14. The number of carbonyl (C=O) groups excluding carboxylic acids is 2. The molecule has 0 saturated heterocycles. The molecule has 0 aromatic carbocycles. The number of esters is 2. The molecule has 0 aliphatic heterocycles. The molecule has 2 atom stereocenters. The maximum absolute atomic E-state index is 11.8. The maximum atomic E-state index is 11.8. The summed E-state index contributed by atoms with van der Waals surface area (Å²) in [5.41, 5.74) is 5.63. The van der Waals surface area contributed by atoms with Gasteiger partial charge in [0, 0.05) is 6.04 Å². The van der Waals surface area contributed by atoms with Crippen LogP contribution in [0.3, 0.4) is 0 Å². The highest BCUT2D eigenvalue weighted by Gasteiger charge is 2.28. The van der Waals surface area contributed by atoms with E-state index in [1.807, 2.05) is 0 Å². The first kappa shape index (κ1) is 24.1. The Balaban J connectivity index is 0.000000221. The van der Waals surface area contributed by atoms with Crippen LogP contribution in [0.4, 0.5) is 0 Å². The van der Waals surface area contributed by atoms with Crippen LogP contribution in [0.1, 0.15) is 89.9 Å². The van der Waals surface area contributed by atoms with E-state index in [-0.39, 0.29) is 18.0 Å². The number of nitrogens with two attached hydrogens (primary N) is 1. The second-order valence-corrected chi connectivity index (χ2v) is 9.13. The molecule has 0 radical (unpaired) electrons. The van der Waals surface area contributed by atoms with Crippen molar-refractivity contribution in [3.63, 3.8) is 0 Å². The van der Waals surface area contributed by atoms with E-state index in [9.17, 15) is 9.59 Å². The molecule has 6 nitrogen and oxygen atoms in total. The van der Waals surface area contributed by atoms with Gasteiger partial charge in [-0.05, 0) is 37.5 Å². The van der Waals surface area contributed by atoms with Gasteiger partial charge in [-0.25, -0.2) is 0 Å². The van der Waals surface area contributed by atoms with Crippen molar-refractivity contribution < 1.29 is 19.1 Å². The highest BCUT2D eigenvalue weighted by Crippen LogP contribution is 2.30. The lowest BCUT2D eigenvalue weighted by Crippen LogP contribution is -2.43. The molecule has 0 bridgehead atoms. The van der Waals surface area contributed by atoms with Crippen molar-refractivity contribution in [1.29, 1.82) is 0 Å². The predicted octanol–water partition coefficient (Wildman–Crippen LogP) is 3.71. The van der Waals surface area contributed by atoms with Crippen LogP contribution in [0, 0.1) is 11.8 Å². The zero-order valence-corrected chi connectivity index (χ0v) is 18.5. The number of hydrogen-bond donors (Lipinski definition) is 2. The van der Waals surface area contributed by atoms with Gasteiger partial charge < -0.3 is 20.5 Å². The molecule has 29 heavy (non-hydrogen) atoms. The van der Waals surface area contributed by atoms with Crippen molar-refractivity contribution in [1.82, 2.24) is 5.32 Å². The summed E-state index contributed by atoms with van der Waals surface area (Å²) in [6.07, 6.45) is 17.1.